The first-order valence-corrected chi connectivity index (χ1v) is 7.60. The second-order valence-corrected chi connectivity index (χ2v) is 7.14. The Bertz CT molecular complexity index is 614. The molecule has 21 heavy (non-hydrogen) atoms. The SMILES string of the molecule is CC1CC(=O)C(C)(C(=O)O)C(C)(c2ccc(Cl)c(Cl)c2)C1. The molecule has 1 aromatic carbocycles. The van der Waals surface area contributed by atoms with Crippen molar-refractivity contribution in [3.05, 3.63) is 33.8 Å². The van der Waals surface area contributed by atoms with Crippen LogP contribution < -0.4 is 0 Å². The molecule has 2 rings (SSSR count). The van der Waals surface area contributed by atoms with Gasteiger partial charge >= 0.3 is 5.97 Å². The number of hydrogen-bond donors (Lipinski definition) is 1. The van der Waals surface area contributed by atoms with E-state index in [2.05, 4.69) is 0 Å². The van der Waals surface area contributed by atoms with Crippen LogP contribution in [-0.4, -0.2) is 16.9 Å². The topological polar surface area (TPSA) is 54.4 Å². The normalized spacial score (nSPS) is 33.0. The summed E-state index contributed by atoms with van der Waals surface area (Å²) in [6.45, 7) is 5.31. The molecule has 5 heteroatoms. The van der Waals surface area contributed by atoms with E-state index >= 15 is 0 Å². The molecule has 0 heterocycles. The molecule has 0 amide bonds. The van der Waals surface area contributed by atoms with Crippen LogP contribution in [-0.2, 0) is 15.0 Å². The number of hydrogen-bond acceptors (Lipinski definition) is 2. The van der Waals surface area contributed by atoms with E-state index in [1.165, 1.54) is 6.92 Å². The van der Waals surface area contributed by atoms with Crippen LogP contribution in [0.25, 0.3) is 0 Å². The molecular weight excluding hydrogens is 311 g/mol. The van der Waals surface area contributed by atoms with Crippen molar-refractivity contribution in [3.8, 4) is 0 Å². The van der Waals surface area contributed by atoms with Gasteiger partial charge in [0.15, 0.2) is 5.78 Å². The number of carbonyl (C=O) groups is 2. The quantitative estimate of drug-likeness (QED) is 0.821. The molecule has 3 nitrogen and oxygen atoms in total. The van der Waals surface area contributed by atoms with E-state index in [-0.39, 0.29) is 11.7 Å². The number of benzene rings is 1. The molecule has 1 fully saturated rings. The first kappa shape index (κ1) is 16.3. The molecule has 1 aliphatic carbocycles. The van der Waals surface area contributed by atoms with E-state index < -0.39 is 16.8 Å². The zero-order chi connectivity index (χ0) is 16.0. The van der Waals surface area contributed by atoms with Gasteiger partial charge in [-0.1, -0.05) is 43.1 Å². The highest BCUT2D eigenvalue weighted by Gasteiger charge is 2.59. The Morgan fingerprint density at radius 1 is 1.29 bits per heavy atom. The van der Waals surface area contributed by atoms with Crippen LogP contribution in [0.5, 0.6) is 0 Å². The number of Topliss-reactive ketones (excluding diaryl/α,β-unsaturated/α-hetero) is 1. The van der Waals surface area contributed by atoms with Gasteiger partial charge in [-0.3, -0.25) is 9.59 Å². The third kappa shape index (κ3) is 2.36. The Balaban J connectivity index is 2.65. The van der Waals surface area contributed by atoms with Gasteiger partial charge in [-0.15, -0.1) is 0 Å². The van der Waals surface area contributed by atoms with Gasteiger partial charge in [-0.2, -0.15) is 0 Å². The Labute approximate surface area is 134 Å². The molecule has 3 unspecified atom stereocenters. The second-order valence-electron chi connectivity index (χ2n) is 6.33. The number of rotatable bonds is 2. The molecule has 114 valence electrons. The third-order valence-electron chi connectivity index (χ3n) is 4.94. The summed E-state index contributed by atoms with van der Waals surface area (Å²) in [6, 6.07) is 5.09. The fourth-order valence-corrected chi connectivity index (χ4v) is 3.70. The van der Waals surface area contributed by atoms with Crippen molar-refractivity contribution in [1.82, 2.24) is 0 Å². The van der Waals surface area contributed by atoms with E-state index in [0.29, 0.717) is 22.9 Å². The average molecular weight is 329 g/mol. The predicted octanol–water partition coefficient (Wildman–Crippen LogP) is 4.34. The molecule has 0 aliphatic heterocycles. The number of aliphatic carboxylic acids is 1. The van der Waals surface area contributed by atoms with Crippen molar-refractivity contribution >= 4 is 35.0 Å². The number of carboxylic acid groups (broad SMARTS) is 1. The number of ketones is 1. The van der Waals surface area contributed by atoms with Gasteiger partial charge in [-0.05, 0) is 37.0 Å². The highest BCUT2D eigenvalue weighted by Crippen LogP contribution is 2.52. The standard InChI is InChI=1S/C16H18Cl2O3/c1-9-6-13(19)16(3,14(20)21)15(2,8-9)10-4-5-11(17)12(18)7-10/h4-5,7,9H,6,8H2,1-3H3,(H,20,21). The van der Waals surface area contributed by atoms with Gasteiger partial charge in [0.1, 0.15) is 5.41 Å². The minimum atomic E-state index is -1.46. The minimum Gasteiger partial charge on any atom is -0.480 e. The summed E-state index contributed by atoms with van der Waals surface area (Å²) in [6.07, 6.45) is 0.902. The van der Waals surface area contributed by atoms with Crippen LogP contribution in [0.4, 0.5) is 0 Å². The van der Waals surface area contributed by atoms with Crippen molar-refractivity contribution in [2.24, 2.45) is 11.3 Å². The minimum absolute atomic E-state index is 0.129. The fraction of sp³-hybridized carbons (Fsp3) is 0.500. The van der Waals surface area contributed by atoms with Crippen molar-refractivity contribution in [2.75, 3.05) is 0 Å². The monoisotopic (exact) mass is 328 g/mol. The van der Waals surface area contributed by atoms with Gasteiger partial charge in [0, 0.05) is 11.8 Å². The van der Waals surface area contributed by atoms with Gasteiger partial charge in [-0.25, -0.2) is 0 Å². The zero-order valence-electron chi connectivity index (χ0n) is 12.2. The van der Waals surface area contributed by atoms with Crippen LogP contribution in [0.3, 0.4) is 0 Å². The summed E-state index contributed by atoms with van der Waals surface area (Å²) < 4.78 is 0. The molecule has 1 aliphatic rings. The molecule has 0 aromatic heterocycles. The summed E-state index contributed by atoms with van der Waals surface area (Å²) in [5.74, 6) is -1.19. The van der Waals surface area contributed by atoms with Crippen LogP contribution in [0.1, 0.15) is 39.2 Å². The van der Waals surface area contributed by atoms with Crippen LogP contribution >= 0.6 is 23.2 Å². The van der Waals surface area contributed by atoms with Gasteiger partial charge in [0.05, 0.1) is 10.0 Å². The first-order chi connectivity index (χ1) is 9.62. The average Bonchev–Trinajstić information content (AvgIpc) is 2.38. The maximum atomic E-state index is 12.5. The molecule has 0 radical (unpaired) electrons. The molecule has 1 saturated carbocycles. The largest absolute Gasteiger partial charge is 0.480 e. The summed E-state index contributed by atoms with van der Waals surface area (Å²) in [5.41, 5.74) is -1.54. The summed E-state index contributed by atoms with van der Waals surface area (Å²) in [4.78, 5) is 24.3. The first-order valence-electron chi connectivity index (χ1n) is 6.85. The molecule has 1 aromatic rings. The van der Waals surface area contributed by atoms with Crippen LogP contribution in [0.15, 0.2) is 18.2 Å². The summed E-state index contributed by atoms with van der Waals surface area (Å²) >= 11 is 12.0. The predicted molar refractivity (Wildman–Crippen MR) is 83.0 cm³/mol. The number of carboxylic acids is 1. The summed E-state index contributed by atoms with van der Waals surface area (Å²) in [7, 11) is 0. The van der Waals surface area contributed by atoms with Crippen molar-refractivity contribution in [1.29, 1.82) is 0 Å². The van der Waals surface area contributed by atoms with E-state index in [1.54, 1.807) is 18.2 Å². The van der Waals surface area contributed by atoms with Crippen molar-refractivity contribution in [3.63, 3.8) is 0 Å². The fourth-order valence-electron chi connectivity index (χ4n) is 3.40. The van der Waals surface area contributed by atoms with Gasteiger partial charge in [0.25, 0.3) is 0 Å². The molecule has 0 spiro atoms. The lowest BCUT2D eigenvalue weighted by Gasteiger charge is -2.48. The van der Waals surface area contributed by atoms with Crippen molar-refractivity contribution < 1.29 is 14.7 Å². The van der Waals surface area contributed by atoms with E-state index in [4.69, 9.17) is 23.2 Å². The Kier molecular flexibility index (Phi) is 4.11. The number of carbonyl (C=O) groups excluding carboxylic acids is 1. The lowest BCUT2D eigenvalue weighted by Crippen LogP contribution is -2.56. The molecule has 3 atom stereocenters. The van der Waals surface area contributed by atoms with Crippen LogP contribution in [0, 0.1) is 11.3 Å². The zero-order valence-corrected chi connectivity index (χ0v) is 13.8. The molecule has 0 saturated heterocycles. The van der Waals surface area contributed by atoms with Crippen molar-refractivity contribution in [2.45, 2.75) is 39.0 Å². The third-order valence-corrected chi connectivity index (χ3v) is 5.68. The Hall–Kier alpha value is -1.06. The highest BCUT2D eigenvalue weighted by molar-refractivity contribution is 6.42. The smallest absolute Gasteiger partial charge is 0.317 e. The highest BCUT2D eigenvalue weighted by atomic mass is 35.5. The maximum absolute atomic E-state index is 12.5. The van der Waals surface area contributed by atoms with E-state index in [1.807, 2.05) is 13.8 Å². The van der Waals surface area contributed by atoms with Gasteiger partial charge in [0.2, 0.25) is 0 Å². The molecule has 1 N–H and O–H groups in total. The van der Waals surface area contributed by atoms with Crippen LogP contribution in [0.2, 0.25) is 10.0 Å². The van der Waals surface area contributed by atoms with E-state index in [0.717, 1.165) is 5.56 Å². The second kappa shape index (κ2) is 5.29. The molecular formula is C16H18Cl2O3. The Morgan fingerprint density at radius 3 is 2.43 bits per heavy atom. The summed E-state index contributed by atoms with van der Waals surface area (Å²) in [5, 5.41) is 10.5. The lowest BCUT2D eigenvalue weighted by atomic mass is 9.52. The number of halogens is 2. The molecule has 0 bridgehead atoms. The van der Waals surface area contributed by atoms with Gasteiger partial charge < -0.3 is 5.11 Å². The Morgan fingerprint density at radius 2 is 1.90 bits per heavy atom. The maximum Gasteiger partial charge on any atom is 0.317 e. The van der Waals surface area contributed by atoms with E-state index in [9.17, 15) is 14.7 Å². The lowest BCUT2D eigenvalue weighted by molar-refractivity contribution is -0.162.